The lowest BCUT2D eigenvalue weighted by molar-refractivity contribution is -0.274. The molecular formula is C89H168O16. The molecule has 0 spiro atoms. The largest absolute Gasteiger partial charge is 0.481 e. The predicted molar refractivity (Wildman–Crippen MR) is 431 cm³/mol. The number of carboxylic acids is 6. The van der Waals surface area contributed by atoms with E-state index in [0.717, 1.165) is 321 Å². The zero-order valence-corrected chi connectivity index (χ0v) is 67.9. The summed E-state index contributed by atoms with van der Waals surface area (Å²) in [4.78, 5) is 66.2. The Kier molecular flexibility index (Phi) is 73.6. The lowest BCUT2D eigenvalue weighted by Crippen LogP contribution is -2.68. The molecule has 0 aliphatic carbocycles. The van der Waals surface area contributed by atoms with Gasteiger partial charge in [0.2, 0.25) is 0 Å². The minimum Gasteiger partial charge on any atom is -0.481 e. The minimum atomic E-state index is -1.09. The molecule has 620 valence electrons. The Morgan fingerprint density at radius 3 is 0.410 bits per heavy atom. The highest BCUT2D eigenvalue weighted by molar-refractivity contribution is 5.68. The average Bonchev–Trinajstić information content (AvgIpc) is 0.726. The summed E-state index contributed by atoms with van der Waals surface area (Å²) in [5, 5.41) is 80.2. The maximum absolute atomic E-state index is 12.9. The smallest absolute Gasteiger partial charge is 0.303 e. The van der Waals surface area contributed by atoms with Gasteiger partial charge in [0.1, 0.15) is 0 Å². The number of unbranched alkanes of at least 4 members (excludes halogenated alkanes) is 60. The number of ether oxygens (including phenoxy) is 2. The minimum absolute atomic E-state index is 0.220. The van der Waals surface area contributed by atoms with Gasteiger partial charge < -0.3 is 50.3 Å². The number of aliphatic hydroxyl groups is 2. The van der Waals surface area contributed by atoms with Crippen molar-refractivity contribution in [1.29, 1.82) is 0 Å². The molecule has 0 unspecified atom stereocenters. The number of hydrogen-bond acceptors (Lipinski definition) is 10. The van der Waals surface area contributed by atoms with E-state index in [1.807, 2.05) is 0 Å². The van der Waals surface area contributed by atoms with Crippen LogP contribution in [0, 0.1) is 5.41 Å². The summed E-state index contributed by atoms with van der Waals surface area (Å²) in [6, 6.07) is 0. The average molecular weight is 1490 g/mol. The van der Waals surface area contributed by atoms with Crippen LogP contribution in [0.4, 0.5) is 0 Å². The molecule has 0 radical (unpaired) electrons. The SMILES string of the molecule is O=C(O)CCCCCCCCCCCCCOC(CCCCCCCCCCCCCC(=O)O)(CCCCCCCCCCCCCC(=O)O)C(CO)(CO)C(CCCCCCCCCCCCCC(=O)O)(CCCCCCCCCCCCCC(=O)O)OCCCCCCCCCCCCCC(=O)O. The number of aliphatic hydroxyl groups excluding tert-OH is 2. The van der Waals surface area contributed by atoms with Gasteiger partial charge in [0.15, 0.2) is 0 Å². The van der Waals surface area contributed by atoms with E-state index in [9.17, 15) is 39.0 Å². The molecule has 0 saturated heterocycles. The van der Waals surface area contributed by atoms with Gasteiger partial charge >= 0.3 is 35.8 Å². The van der Waals surface area contributed by atoms with Gasteiger partial charge in [0.05, 0.1) is 29.8 Å². The molecule has 0 aliphatic rings. The van der Waals surface area contributed by atoms with Crippen LogP contribution in [-0.4, -0.2) is 114 Å². The fraction of sp³-hybridized carbons (Fsp3) is 0.933. The molecule has 8 N–H and O–H groups in total. The maximum Gasteiger partial charge on any atom is 0.303 e. The van der Waals surface area contributed by atoms with Gasteiger partial charge in [-0.2, -0.15) is 0 Å². The molecule has 0 aliphatic heterocycles. The highest BCUT2D eigenvalue weighted by atomic mass is 16.5. The van der Waals surface area contributed by atoms with E-state index < -0.39 is 52.4 Å². The van der Waals surface area contributed by atoms with Crippen LogP contribution in [0.15, 0.2) is 0 Å². The number of rotatable bonds is 90. The standard InChI is InChI=1S/C89H168O16/c90-79-87(80-91,88(73-61-49-37-25-13-1-7-19-31-43-55-67-81(92)93,74-62-50-38-26-14-2-8-20-32-44-56-68-82(94)95)104-77-65-53-41-29-17-5-11-23-35-47-59-71-85(100)101)89(75-63-51-39-27-15-3-9-21-33-45-57-69-83(96)97,76-64-52-40-28-16-4-10-22-34-46-58-70-84(98)99)105-78-66-54-42-30-18-6-12-24-36-48-60-72-86(102)103/h90-91H,1-80H2,(H,92,93)(H,94,95)(H,96,97)(H,98,99)(H,100,101)(H,102,103). The molecular weight excluding hydrogens is 1320 g/mol. The molecule has 16 heteroatoms. The molecule has 0 aromatic carbocycles. The molecule has 0 atom stereocenters. The molecule has 0 bridgehead atoms. The second-order valence-electron chi connectivity index (χ2n) is 32.3. The van der Waals surface area contributed by atoms with Crippen LogP contribution in [0.1, 0.15) is 488 Å². The lowest BCUT2D eigenvalue weighted by Gasteiger charge is -2.59. The topological polar surface area (TPSA) is 283 Å². The van der Waals surface area contributed by atoms with Crippen LogP contribution in [0.3, 0.4) is 0 Å². The van der Waals surface area contributed by atoms with Crippen molar-refractivity contribution in [1.82, 2.24) is 0 Å². The Morgan fingerprint density at radius 1 is 0.171 bits per heavy atom. The van der Waals surface area contributed by atoms with E-state index in [1.165, 1.54) is 128 Å². The third-order valence-corrected chi connectivity index (χ3v) is 23.0. The Labute approximate surface area is 642 Å². The quantitative estimate of drug-likeness (QED) is 0.0263. The first-order chi connectivity index (χ1) is 51.1. The van der Waals surface area contributed by atoms with Crippen molar-refractivity contribution in [2.45, 2.75) is 499 Å². The second-order valence-corrected chi connectivity index (χ2v) is 32.3. The first-order valence-electron chi connectivity index (χ1n) is 44.9. The van der Waals surface area contributed by atoms with Gasteiger partial charge in [-0.05, 0) is 77.0 Å². The summed E-state index contributed by atoms with van der Waals surface area (Å²) < 4.78 is 15.6. The predicted octanol–water partition coefficient (Wildman–Crippen LogP) is 25.6. The summed E-state index contributed by atoms with van der Waals surface area (Å²) in [6.45, 7) is 0.691. The van der Waals surface area contributed by atoms with Crippen molar-refractivity contribution in [2.75, 3.05) is 26.4 Å². The maximum atomic E-state index is 12.9. The molecule has 105 heavy (non-hydrogen) atoms. The zero-order valence-electron chi connectivity index (χ0n) is 67.9. The monoisotopic (exact) mass is 1490 g/mol. The van der Waals surface area contributed by atoms with Gasteiger partial charge in [-0.15, -0.1) is 0 Å². The van der Waals surface area contributed by atoms with Crippen LogP contribution in [0.2, 0.25) is 0 Å². The van der Waals surface area contributed by atoms with Gasteiger partial charge in [-0.1, -0.05) is 372 Å². The van der Waals surface area contributed by atoms with Crippen LogP contribution < -0.4 is 0 Å². The van der Waals surface area contributed by atoms with Crippen LogP contribution in [-0.2, 0) is 38.2 Å². The second kappa shape index (κ2) is 76.0. The normalized spacial score (nSPS) is 12.1. The van der Waals surface area contributed by atoms with Crippen molar-refractivity contribution in [2.24, 2.45) is 5.41 Å². The van der Waals surface area contributed by atoms with Gasteiger partial charge in [-0.3, -0.25) is 28.8 Å². The molecule has 16 nitrogen and oxygen atoms in total. The van der Waals surface area contributed by atoms with Crippen molar-refractivity contribution < 1.29 is 79.1 Å². The number of carbonyl (C=O) groups is 6. The van der Waals surface area contributed by atoms with E-state index in [1.54, 1.807) is 0 Å². The van der Waals surface area contributed by atoms with Crippen molar-refractivity contribution in [3.63, 3.8) is 0 Å². The Bertz CT molecular complexity index is 1750. The lowest BCUT2D eigenvalue weighted by atomic mass is 9.56. The molecule has 0 heterocycles. The van der Waals surface area contributed by atoms with E-state index in [-0.39, 0.29) is 51.7 Å². The van der Waals surface area contributed by atoms with Crippen LogP contribution in [0.5, 0.6) is 0 Å². The van der Waals surface area contributed by atoms with Gasteiger partial charge in [-0.25, -0.2) is 0 Å². The molecule has 0 amide bonds. The summed E-state index contributed by atoms with van der Waals surface area (Å²) in [6.07, 6.45) is 75.0. The summed E-state index contributed by atoms with van der Waals surface area (Å²) in [5.41, 5.74) is -2.79. The molecule has 0 aromatic rings. The van der Waals surface area contributed by atoms with Crippen molar-refractivity contribution in [3.8, 4) is 0 Å². The van der Waals surface area contributed by atoms with Crippen molar-refractivity contribution in [3.05, 3.63) is 0 Å². The highest BCUT2D eigenvalue weighted by Crippen LogP contribution is 2.55. The summed E-state index contributed by atoms with van der Waals surface area (Å²) >= 11 is 0. The first-order valence-corrected chi connectivity index (χ1v) is 44.9. The van der Waals surface area contributed by atoms with Crippen LogP contribution in [0.25, 0.3) is 0 Å². The van der Waals surface area contributed by atoms with Gasteiger partial charge in [0, 0.05) is 51.7 Å². The number of aliphatic carboxylic acids is 6. The third kappa shape index (κ3) is 63.0. The van der Waals surface area contributed by atoms with E-state index in [2.05, 4.69) is 0 Å². The first kappa shape index (κ1) is 102. The molecule has 0 rings (SSSR count). The van der Waals surface area contributed by atoms with Crippen molar-refractivity contribution >= 4 is 35.8 Å². The summed E-state index contributed by atoms with van der Waals surface area (Å²) in [7, 11) is 0. The number of carboxylic acid groups (broad SMARTS) is 6. The van der Waals surface area contributed by atoms with E-state index in [0.29, 0.717) is 13.2 Å². The van der Waals surface area contributed by atoms with E-state index >= 15 is 0 Å². The molecule has 0 aromatic heterocycles. The third-order valence-electron chi connectivity index (χ3n) is 23.0. The fourth-order valence-electron chi connectivity index (χ4n) is 16.4. The molecule has 0 saturated carbocycles. The molecule has 0 fully saturated rings. The van der Waals surface area contributed by atoms with E-state index in [4.69, 9.17) is 40.1 Å². The van der Waals surface area contributed by atoms with Gasteiger partial charge in [0.25, 0.3) is 0 Å². The fourth-order valence-corrected chi connectivity index (χ4v) is 16.4. The Balaban J connectivity index is 7.36. The Hall–Kier alpha value is -3.34. The highest BCUT2D eigenvalue weighted by Gasteiger charge is 2.63. The zero-order chi connectivity index (χ0) is 76.9. The Morgan fingerprint density at radius 2 is 0.286 bits per heavy atom. The summed E-state index contributed by atoms with van der Waals surface area (Å²) in [5.74, 6) is -4.28. The number of hydrogen-bond donors (Lipinski definition) is 8. The van der Waals surface area contributed by atoms with Crippen LogP contribution >= 0.6 is 0 Å².